The fourth-order valence-electron chi connectivity index (χ4n) is 1.90. The minimum atomic E-state index is -3.47. The molecule has 1 atom stereocenters. The molecule has 0 aliphatic rings. The van der Waals surface area contributed by atoms with Crippen molar-refractivity contribution in [2.75, 3.05) is 13.1 Å². The lowest BCUT2D eigenvalue weighted by Crippen LogP contribution is -2.32. The van der Waals surface area contributed by atoms with E-state index in [0.717, 1.165) is 6.42 Å². The highest BCUT2D eigenvalue weighted by Crippen LogP contribution is 2.16. The minimum Gasteiger partial charge on any atom is -0.350 e. The second-order valence-electron chi connectivity index (χ2n) is 4.90. The molecule has 0 aromatic heterocycles. The van der Waals surface area contributed by atoms with E-state index in [1.54, 1.807) is 26.0 Å². The summed E-state index contributed by atoms with van der Waals surface area (Å²) < 4.78 is 26.0. The SMILES string of the molecule is CCC(C)NC(=O)c1ccc(S(=O)(=O)N(CC)CC)cc1. The van der Waals surface area contributed by atoms with Gasteiger partial charge in [0.25, 0.3) is 5.91 Å². The van der Waals surface area contributed by atoms with E-state index in [1.165, 1.54) is 16.4 Å². The van der Waals surface area contributed by atoms with Crippen LogP contribution in [0.2, 0.25) is 0 Å². The van der Waals surface area contributed by atoms with Gasteiger partial charge in [-0.1, -0.05) is 20.8 Å². The lowest BCUT2D eigenvalue weighted by molar-refractivity contribution is 0.0939. The van der Waals surface area contributed by atoms with Crippen molar-refractivity contribution in [3.63, 3.8) is 0 Å². The van der Waals surface area contributed by atoms with Crippen molar-refractivity contribution in [1.29, 1.82) is 0 Å². The highest BCUT2D eigenvalue weighted by molar-refractivity contribution is 7.89. The summed E-state index contributed by atoms with van der Waals surface area (Å²) in [6.45, 7) is 8.37. The predicted octanol–water partition coefficient (Wildman–Crippen LogP) is 2.25. The number of benzene rings is 1. The zero-order chi connectivity index (χ0) is 16.0. The van der Waals surface area contributed by atoms with Crippen LogP contribution in [0.5, 0.6) is 0 Å². The van der Waals surface area contributed by atoms with Gasteiger partial charge >= 0.3 is 0 Å². The number of nitrogens with zero attached hydrogens (tertiary/aromatic N) is 1. The molecule has 118 valence electrons. The Morgan fingerprint density at radius 1 is 1.14 bits per heavy atom. The van der Waals surface area contributed by atoms with Crippen LogP contribution >= 0.6 is 0 Å². The van der Waals surface area contributed by atoms with Gasteiger partial charge in [0.15, 0.2) is 0 Å². The van der Waals surface area contributed by atoms with Gasteiger partial charge in [0.05, 0.1) is 4.90 Å². The van der Waals surface area contributed by atoms with E-state index in [1.807, 2.05) is 13.8 Å². The summed E-state index contributed by atoms with van der Waals surface area (Å²) in [6, 6.07) is 6.16. The molecular weight excluding hydrogens is 288 g/mol. The highest BCUT2D eigenvalue weighted by atomic mass is 32.2. The molecule has 1 N–H and O–H groups in total. The van der Waals surface area contributed by atoms with Crippen LogP contribution in [-0.2, 0) is 10.0 Å². The maximum atomic E-state index is 12.3. The molecule has 0 aliphatic carbocycles. The van der Waals surface area contributed by atoms with Crippen molar-refractivity contribution < 1.29 is 13.2 Å². The van der Waals surface area contributed by atoms with Gasteiger partial charge in [0.1, 0.15) is 0 Å². The van der Waals surface area contributed by atoms with Gasteiger partial charge in [-0.3, -0.25) is 4.79 Å². The molecule has 0 heterocycles. The Kier molecular flexibility index (Phi) is 6.36. The summed E-state index contributed by atoms with van der Waals surface area (Å²) in [6.07, 6.45) is 0.847. The topological polar surface area (TPSA) is 66.5 Å². The van der Waals surface area contributed by atoms with Crippen LogP contribution in [-0.4, -0.2) is 37.8 Å². The van der Waals surface area contributed by atoms with Crippen molar-refractivity contribution >= 4 is 15.9 Å². The average molecular weight is 312 g/mol. The fraction of sp³-hybridized carbons (Fsp3) is 0.533. The standard InChI is InChI=1S/C15H24N2O3S/c1-5-12(4)16-15(18)13-8-10-14(11-9-13)21(19,20)17(6-2)7-3/h8-12H,5-7H2,1-4H3,(H,16,18). The molecule has 5 nitrogen and oxygen atoms in total. The summed E-state index contributed by atoms with van der Waals surface area (Å²) in [5.41, 5.74) is 0.466. The Bertz CT molecular complexity index is 563. The van der Waals surface area contributed by atoms with E-state index < -0.39 is 10.0 Å². The monoisotopic (exact) mass is 312 g/mol. The quantitative estimate of drug-likeness (QED) is 0.839. The molecule has 0 fully saturated rings. The molecule has 0 saturated carbocycles. The molecule has 1 unspecified atom stereocenters. The van der Waals surface area contributed by atoms with Gasteiger partial charge in [-0.15, -0.1) is 0 Å². The van der Waals surface area contributed by atoms with Gasteiger partial charge < -0.3 is 5.32 Å². The first-order chi connectivity index (χ1) is 9.86. The van der Waals surface area contributed by atoms with E-state index in [-0.39, 0.29) is 16.8 Å². The lowest BCUT2D eigenvalue weighted by Gasteiger charge is -2.18. The Morgan fingerprint density at radius 2 is 1.67 bits per heavy atom. The number of carbonyl (C=O) groups is 1. The van der Waals surface area contributed by atoms with E-state index in [2.05, 4.69) is 5.32 Å². The summed E-state index contributed by atoms with van der Waals surface area (Å²) in [7, 11) is -3.47. The zero-order valence-corrected chi connectivity index (χ0v) is 13.9. The van der Waals surface area contributed by atoms with Crippen molar-refractivity contribution in [1.82, 2.24) is 9.62 Å². The van der Waals surface area contributed by atoms with Crippen LogP contribution in [0.25, 0.3) is 0 Å². The van der Waals surface area contributed by atoms with E-state index in [0.29, 0.717) is 18.7 Å². The highest BCUT2D eigenvalue weighted by Gasteiger charge is 2.21. The van der Waals surface area contributed by atoms with Crippen LogP contribution in [0.1, 0.15) is 44.5 Å². The Hall–Kier alpha value is -1.40. The molecular formula is C15H24N2O3S. The number of amides is 1. The number of nitrogens with one attached hydrogen (secondary N) is 1. The normalized spacial score (nSPS) is 13.2. The third kappa shape index (κ3) is 4.28. The summed E-state index contributed by atoms with van der Waals surface area (Å²) in [4.78, 5) is 12.2. The molecule has 0 saturated heterocycles. The number of carbonyl (C=O) groups excluding carboxylic acids is 1. The molecule has 0 spiro atoms. The molecule has 1 aromatic rings. The molecule has 1 amide bonds. The molecule has 21 heavy (non-hydrogen) atoms. The third-order valence-corrected chi connectivity index (χ3v) is 5.51. The first-order valence-corrected chi connectivity index (χ1v) is 8.71. The van der Waals surface area contributed by atoms with Crippen LogP contribution in [0.15, 0.2) is 29.2 Å². The van der Waals surface area contributed by atoms with Gasteiger partial charge in [-0.25, -0.2) is 8.42 Å². The summed E-state index contributed by atoms with van der Waals surface area (Å²) in [5.74, 6) is -0.184. The molecule has 0 radical (unpaired) electrons. The van der Waals surface area contributed by atoms with Gasteiger partial charge in [0, 0.05) is 24.7 Å². The first-order valence-electron chi connectivity index (χ1n) is 7.27. The van der Waals surface area contributed by atoms with Gasteiger partial charge in [0.2, 0.25) is 10.0 Å². The Labute approximate surface area is 127 Å². The maximum Gasteiger partial charge on any atom is 0.251 e. The van der Waals surface area contributed by atoms with Gasteiger partial charge in [-0.2, -0.15) is 4.31 Å². The van der Waals surface area contributed by atoms with Crippen LogP contribution in [0.4, 0.5) is 0 Å². The van der Waals surface area contributed by atoms with Crippen molar-refractivity contribution in [3.8, 4) is 0 Å². The van der Waals surface area contributed by atoms with Gasteiger partial charge in [-0.05, 0) is 37.6 Å². The first kappa shape index (κ1) is 17.7. The summed E-state index contributed by atoms with van der Waals surface area (Å²) >= 11 is 0. The van der Waals surface area contributed by atoms with Crippen molar-refractivity contribution in [2.24, 2.45) is 0 Å². The number of sulfonamides is 1. The smallest absolute Gasteiger partial charge is 0.251 e. The Morgan fingerprint density at radius 3 is 2.10 bits per heavy atom. The second kappa shape index (κ2) is 7.56. The van der Waals surface area contributed by atoms with Crippen molar-refractivity contribution in [3.05, 3.63) is 29.8 Å². The largest absolute Gasteiger partial charge is 0.350 e. The van der Waals surface area contributed by atoms with Crippen LogP contribution in [0, 0.1) is 0 Å². The number of hydrogen-bond donors (Lipinski definition) is 1. The molecule has 6 heteroatoms. The van der Waals surface area contributed by atoms with E-state index in [4.69, 9.17) is 0 Å². The minimum absolute atomic E-state index is 0.0941. The van der Waals surface area contributed by atoms with E-state index >= 15 is 0 Å². The average Bonchev–Trinajstić information content (AvgIpc) is 2.48. The predicted molar refractivity (Wildman–Crippen MR) is 83.8 cm³/mol. The van der Waals surface area contributed by atoms with Crippen LogP contribution in [0.3, 0.4) is 0 Å². The van der Waals surface area contributed by atoms with Crippen LogP contribution < -0.4 is 5.32 Å². The number of hydrogen-bond acceptors (Lipinski definition) is 3. The fourth-order valence-corrected chi connectivity index (χ4v) is 3.36. The second-order valence-corrected chi connectivity index (χ2v) is 6.83. The number of rotatable bonds is 7. The third-order valence-electron chi connectivity index (χ3n) is 3.45. The molecule has 1 rings (SSSR count). The maximum absolute atomic E-state index is 12.3. The molecule has 1 aromatic carbocycles. The zero-order valence-electron chi connectivity index (χ0n) is 13.1. The molecule has 0 aliphatic heterocycles. The lowest BCUT2D eigenvalue weighted by atomic mass is 10.2. The summed E-state index contributed by atoms with van der Waals surface area (Å²) in [5, 5.41) is 2.85. The Balaban J connectivity index is 2.95. The van der Waals surface area contributed by atoms with Crippen molar-refractivity contribution in [2.45, 2.75) is 45.1 Å². The van der Waals surface area contributed by atoms with E-state index in [9.17, 15) is 13.2 Å². The molecule has 0 bridgehead atoms.